The number of aliphatic hydroxyl groups is 1. The minimum atomic E-state index is -0.795. The Balaban J connectivity index is 1.73. The van der Waals surface area contributed by atoms with Crippen LogP contribution in [0.2, 0.25) is 0 Å². The Morgan fingerprint density at radius 3 is 2.53 bits per heavy atom. The summed E-state index contributed by atoms with van der Waals surface area (Å²) in [5, 5.41) is 11.7. The lowest BCUT2D eigenvalue weighted by Crippen LogP contribution is -2.32. The molecule has 3 aromatic rings. The average molecular weight is 537 g/mol. The first-order valence-corrected chi connectivity index (χ1v) is 13.3. The van der Waals surface area contributed by atoms with Crippen molar-refractivity contribution in [3.8, 4) is 11.5 Å². The highest BCUT2D eigenvalue weighted by Gasteiger charge is 2.44. The molecule has 1 aliphatic rings. The van der Waals surface area contributed by atoms with E-state index in [0.29, 0.717) is 60.4 Å². The molecule has 1 aliphatic heterocycles. The van der Waals surface area contributed by atoms with Gasteiger partial charge in [0.2, 0.25) is 5.78 Å². The number of ketones is 1. The van der Waals surface area contributed by atoms with Crippen LogP contribution in [0.3, 0.4) is 0 Å². The van der Waals surface area contributed by atoms with Crippen LogP contribution in [0.5, 0.6) is 11.5 Å². The SMILES string of the molecule is CCOc1cc(C2C(C(=O)c3sc(C)nc3C)=C(O)C(=O)N2CCCOC)ccc1OCc1ccccc1. The fourth-order valence-corrected chi connectivity index (χ4v) is 5.40. The Labute approximate surface area is 226 Å². The number of Topliss-reactive ketones (excluding diaryl/α,β-unsaturated/α-hetero) is 1. The van der Waals surface area contributed by atoms with Crippen molar-refractivity contribution >= 4 is 23.0 Å². The Morgan fingerprint density at radius 2 is 1.87 bits per heavy atom. The molecule has 8 nitrogen and oxygen atoms in total. The van der Waals surface area contributed by atoms with E-state index < -0.39 is 23.5 Å². The van der Waals surface area contributed by atoms with Crippen molar-refractivity contribution in [3.63, 3.8) is 0 Å². The van der Waals surface area contributed by atoms with Gasteiger partial charge in [0.15, 0.2) is 17.3 Å². The zero-order valence-corrected chi connectivity index (χ0v) is 22.8. The highest BCUT2D eigenvalue weighted by molar-refractivity contribution is 7.14. The molecule has 0 saturated heterocycles. The second kappa shape index (κ2) is 12.2. The molecule has 1 atom stereocenters. The van der Waals surface area contributed by atoms with Gasteiger partial charge in [-0.05, 0) is 50.5 Å². The summed E-state index contributed by atoms with van der Waals surface area (Å²) in [7, 11) is 1.59. The third kappa shape index (κ3) is 5.74. The van der Waals surface area contributed by atoms with Gasteiger partial charge in [-0.3, -0.25) is 9.59 Å². The molecule has 0 saturated carbocycles. The quantitative estimate of drug-likeness (QED) is 0.246. The average Bonchev–Trinajstić information content (AvgIpc) is 3.38. The number of nitrogens with zero attached hydrogens (tertiary/aromatic N) is 2. The van der Waals surface area contributed by atoms with Crippen LogP contribution in [0.15, 0.2) is 59.9 Å². The summed E-state index contributed by atoms with van der Waals surface area (Å²) in [6.45, 7) is 6.94. The number of ether oxygens (including phenoxy) is 3. The summed E-state index contributed by atoms with van der Waals surface area (Å²) in [6, 6.07) is 14.4. The van der Waals surface area contributed by atoms with Gasteiger partial charge in [0.05, 0.1) is 33.8 Å². The number of aryl methyl sites for hydroxylation is 2. The van der Waals surface area contributed by atoms with Gasteiger partial charge in [-0.25, -0.2) is 4.98 Å². The van der Waals surface area contributed by atoms with Gasteiger partial charge in [-0.15, -0.1) is 11.3 Å². The summed E-state index contributed by atoms with van der Waals surface area (Å²) in [4.78, 5) is 33.2. The number of hydrogen-bond donors (Lipinski definition) is 1. The highest BCUT2D eigenvalue weighted by Crippen LogP contribution is 2.42. The van der Waals surface area contributed by atoms with Crippen LogP contribution in [0, 0.1) is 13.8 Å². The maximum atomic E-state index is 13.7. The van der Waals surface area contributed by atoms with Crippen molar-refractivity contribution in [1.29, 1.82) is 0 Å². The van der Waals surface area contributed by atoms with Gasteiger partial charge in [0, 0.05) is 20.3 Å². The smallest absolute Gasteiger partial charge is 0.290 e. The van der Waals surface area contributed by atoms with E-state index >= 15 is 0 Å². The van der Waals surface area contributed by atoms with Crippen LogP contribution in [0.1, 0.15) is 50.9 Å². The Morgan fingerprint density at radius 1 is 1.11 bits per heavy atom. The third-order valence-corrected chi connectivity index (χ3v) is 7.30. The fraction of sp³-hybridized carbons (Fsp3) is 0.345. The van der Waals surface area contributed by atoms with E-state index in [1.54, 1.807) is 32.2 Å². The normalized spacial score (nSPS) is 15.3. The standard InChI is InChI=1S/C29H32N2O6S/c1-5-36-23-16-21(12-13-22(23)37-17-20-10-7-6-8-11-20)25-24(26(32)28-18(2)30-19(3)38-28)27(33)29(34)31(25)14-9-15-35-4/h6-8,10-13,16,25,33H,5,9,14-15,17H2,1-4H3. The summed E-state index contributed by atoms with van der Waals surface area (Å²) < 4.78 is 17.1. The second-order valence-corrected chi connectivity index (χ2v) is 10.1. The number of carbonyl (C=O) groups excluding carboxylic acids is 2. The van der Waals surface area contributed by atoms with Gasteiger partial charge in [-0.2, -0.15) is 0 Å². The first kappa shape index (κ1) is 27.3. The van der Waals surface area contributed by atoms with Crippen molar-refractivity contribution in [3.05, 3.63) is 86.6 Å². The zero-order valence-electron chi connectivity index (χ0n) is 22.0. The molecule has 0 bridgehead atoms. The van der Waals surface area contributed by atoms with Crippen molar-refractivity contribution in [2.45, 2.75) is 39.8 Å². The number of aromatic nitrogens is 1. The van der Waals surface area contributed by atoms with E-state index in [-0.39, 0.29) is 5.57 Å². The monoisotopic (exact) mass is 536 g/mol. The molecule has 1 aromatic heterocycles. The predicted octanol–water partition coefficient (Wildman–Crippen LogP) is 5.35. The Bertz CT molecular complexity index is 1330. The molecule has 1 unspecified atom stereocenters. The fourth-order valence-electron chi connectivity index (χ4n) is 4.52. The molecular weight excluding hydrogens is 504 g/mol. The van der Waals surface area contributed by atoms with Crippen LogP contribution in [-0.4, -0.2) is 53.5 Å². The molecule has 0 aliphatic carbocycles. The molecule has 0 fully saturated rings. The van der Waals surface area contributed by atoms with Gasteiger partial charge in [0.1, 0.15) is 6.61 Å². The van der Waals surface area contributed by atoms with E-state index in [2.05, 4.69) is 4.98 Å². The molecule has 9 heteroatoms. The van der Waals surface area contributed by atoms with E-state index in [0.717, 1.165) is 10.6 Å². The number of methoxy groups -OCH3 is 1. The molecule has 200 valence electrons. The molecule has 0 radical (unpaired) electrons. The van der Waals surface area contributed by atoms with Crippen molar-refractivity contribution < 1.29 is 28.9 Å². The highest BCUT2D eigenvalue weighted by atomic mass is 32.1. The van der Waals surface area contributed by atoms with Crippen LogP contribution in [0.4, 0.5) is 0 Å². The van der Waals surface area contributed by atoms with Crippen LogP contribution in [0.25, 0.3) is 0 Å². The van der Waals surface area contributed by atoms with Crippen LogP contribution < -0.4 is 9.47 Å². The topological polar surface area (TPSA) is 98.2 Å². The summed E-state index contributed by atoms with van der Waals surface area (Å²) in [5.41, 5.74) is 2.26. The number of hydrogen-bond acceptors (Lipinski definition) is 8. The van der Waals surface area contributed by atoms with Crippen LogP contribution >= 0.6 is 11.3 Å². The number of rotatable bonds is 12. The summed E-state index contributed by atoms with van der Waals surface area (Å²) >= 11 is 1.25. The first-order valence-electron chi connectivity index (χ1n) is 12.5. The number of carbonyl (C=O) groups is 2. The van der Waals surface area contributed by atoms with Crippen LogP contribution in [-0.2, 0) is 16.1 Å². The Hall–Kier alpha value is -3.69. The van der Waals surface area contributed by atoms with Gasteiger partial charge in [-0.1, -0.05) is 36.4 Å². The largest absolute Gasteiger partial charge is 0.503 e. The van der Waals surface area contributed by atoms with E-state index in [1.807, 2.05) is 44.2 Å². The number of amides is 1. The van der Waals surface area contributed by atoms with Gasteiger partial charge < -0.3 is 24.2 Å². The lowest BCUT2D eigenvalue weighted by Gasteiger charge is -2.27. The number of thiazole rings is 1. The molecule has 4 rings (SSSR count). The second-order valence-electron chi connectivity index (χ2n) is 8.90. The molecule has 2 heterocycles. The third-order valence-electron chi connectivity index (χ3n) is 6.23. The Kier molecular flexibility index (Phi) is 8.81. The minimum absolute atomic E-state index is 0.0413. The van der Waals surface area contributed by atoms with Gasteiger partial charge >= 0.3 is 0 Å². The molecule has 2 aromatic carbocycles. The molecule has 1 N–H and O–H groups in total. The number of benzene rings is 2. The molecule has 1 amide bonds. The molecule has 0 spiro atoms. The lowest BCUT2D eigenvalue weighted by molar-refractivity contribution is -0.129. The van der Waals surface area contributed by atoms with Gasteiger partial charge in [0.25, 0.3) is 5.91 Å². The lowest BCUT2D eigenvalue weighted by atomic mass is 9.94. The maximum Gasteiger partial charge on any atom is 0.290 e. The minimum Gasteiger partial charge on any atom is -0.503 e. The zero-order chi connectivity index (χ0) is 27.2. The van der Waals surface area contributed by atoms with Crippen molar-refractivity contribution in [1.82, 2.24) is 9.88 Å². The molecular formula is C29H32N2O6S. The van der Waals surface area contributed by atoms with E-state index in [1.165, 1.54) is 16.2 Å². The van der Waals surface area contributed by atoms with E-state index in [4.69, 9.17) is 14.2 Å². The summed E-state index contributed by atoms with van der Waals surface area (Å²) in [5.74, 6) is -0.487. The maximum absolute atomic E-state index is 13.7. The molecule has 38 heavy (non-hydrogen) atoms. The predicted molar refractivity (Wildman–Crippen MR) is 145 cm³/mol. The number of aliphatic hydroxyl groups excluding tert-OH is 1. The first-order chi connectivity index (χ1) is 18.3. The van der Waals surface area contributed by atoms with Crippen molar-refractivity contribution in [2.24, 2.45) is 0 Å². The van der Waals surface area contributed by atoms with E-state index in [9.17, 15) is 14.7 Å². The summed E-state index contributed by atoms with van der Waals surface area (Å²) in [6.07, 6.45) is 0.544. The van der Waals surface area contributed by atoms with Crippen molar-refractivity contribution in [2.75, 3.05) is 26.9 Å².